The maximum Gasteiger partial charge on any atom is 0.0864 e. The Kier molecular flexibility index (Phi) is 3.51. The molecule has 1 nitrogen and oxygen atoms in total. The lowest BCUT2D eigenvalue weighted by Gasteiger charge is -2.48. The fourth-order valence-corrected chi connectivity index (χ4v) is 5.68. The maximum atomic E-state index is 6.53. The van der Waals surface area contributed by atoms with Gasteiger partial charge in [-0.3, -0.25) is 0 Å². The van der Waals surface area contributed by atoms with Crippen LogP contribution in [0.25, 0.3) is 0 Å². The Morgan fingerprint density at radius 1 is 1.16 bits per heavy atom. The summed E-state index contributed by atoms with van der Waals surface area (Å²) >= 11 is 3.76. The van der Waals surface area contributed by atoms with Gasteiger partial charge in [0.1, 0.15) is 0 Å². The molecule has 0 amide bonds. The van der Waals surface area contributed by atoms with Gasteiger partial charge in [0.25, 0.3) is 0 Å². The van der Waals surface area contributed by atoms with Gasteiger partial charge in [-0.2, -0.15) is 0 Å². The van der Waals surface area contributed by atoms with Crippen molar-refractivity contribution in [2.45, 2.75) is 45.3 Å². The van der Waals surface area contributed by atoms with Crippen LogP contribution in [0.5, 0.6) is 0 Å². The van der Waals surface area contributed by atoms with E-state index in [0.29, 0.717) is 0 Å². The first-order chi connectivity index (χ1) is 9.10. The Morgan fingerprint density at radius 2 is 1.84 bits per heavy atom. The molecule has 0 heterocycles. The molecule has 2 bridgehead atoms. The van der Waals surface area contributed by atoms with Gasteiger partial charge in [0.2, 0.25) is 0 Å². The highest BCUT2D eigenvalue weighted by Gasteiger charge is 2.63. The second kappa shape index (κ2) is 4.89. The van der Waals surface area contributed by atoms with E-state index in [1.54, 1.807) is 0 Å². The van der Waals surface area contributed by atoms with Crippen LogP contribution >= 0.6 is 15.9 Å². The Bertz CT molecular complexity index is 442. The van der Waals surface area contributed by atoms with E-state index in [4.69, 9.17) is 4.74 Å². The summed E-state index contributed by atoms with van der Waals surface area (Å²) in [5.74, 6) is 1.57. The van der Waals surface area contributed by atoms with E-state index in [0.717, 1.165) is 23.8 Å². The lowest BCUT2D eigenvalue weighted by molar-refractivity contribution is -0.145. The summed E-state index contributed by atoms with van der Waals surface area (Å²) in [6, 6.07) is 10.5. The Balaban J connectivity index is 1.80. The number of rotatable bonds is 4. The first-order valence-electron chi connectivity index (χ1n) is 7.34. The Labute approximate surface area is 124 Å². The first-order valence-corrected chi connectivity index (χ1v) is 8.46. The average Bonchev–Trinajstić information content (AvgIpc) is 2.98. The molecule has 2 fully saturated rings. The van der Waals surface area contributed by atoms with Crippen LogP contribution in [0.4, 0.5) is 0 Å². The molecule has 104 valence electrons. The van der Waals surface area contributed by atoms with Gasteiger partial charge in [-0.1, -0.05) is 60.1 Å². The predicted molar refractivity (Wildman–Crippen MR) is 82.4 cm³/mol. The van der Waals surface area contributed by atoms with E-state index >= 15 is 0 Å². The summed E-state index contributed by atoms with van der Waals surface area (Å²) in [4.78, 5) is 0. The molecule has 1 aromatic rings. The minimum absolute atomic E-state index is 0.0196. The Morgan fingerprint density at radius 3 is 2.42 bits per heavy atom. The summed E-state index contributed by atoms with van der Waals surface area (Å²) in [5, 5.41) is 0.959. The first kappa shape index (κ1) is 13.6. The highest BCUT2D eigenvalue weighted by atomic mass is 79.9. The molecular weight excluding hydrogens is 300 g/mol. The van der Waals surface area contributed by atoms with Crippen LogP contribution in [0.1, 0.15) is 38.7 Å². The molecule has 0 saturated heterocycles. The number of benzene rings is 1. The SMILES string of the molecule is CC1(C)C2CCC(C2)C1(CBr)OCc1ccccc1. The van der Waals surface area contributed by atoms with Gasteiger partial charge in [0.15, 0.2) is 0 Å². The van der Waals surface area contributed by atoms with Gasteiger partial charge in [-0.05, 0) is 42.1 Å². The van der Waals surface area contributed by atoms with Gasteiger partial charge < -0.3 is 4.74 Å². The van der Waals surface area contributed by atoms with Crippen LogP contribution in [-0.4, -0.2) is 10.9 Å². The number of ether oxygens (including phenoxy) is 1. The van der Waals surface area contributed by atoms with E-state index in [9.17, 15) is 0 Å². The summed E-state index contributed by atoms with van der Waals surface area (Å²) < 4.78 is 6.53. The van der Waals surface area contributed by atoms with Crippen LogP contribution < -0.4 is 0 Å². The molecule has 0 aromatic heterocycles. The van der Waals surface area contributed by atoms with Crippen molar-refractivity contribution in [1.29, 1.82) is 0 Å². The van der Waals surface area contributed by atoms with Crippen LogP contribution in [0, 0.1) is 17.3 Å². The van der Waals surface area contributed by atoms with Crippen LogP contribution in [0.15, 0.2) is 30.3 Å². The average molecular weight is 323 g/mol. The van der Waals surface area contributed by atoms with Crippen molar-refractivity contribution in [3.05, 3.63) is 35.9 Å². The largest absolute Gasteiger partial charge is 0.369 e. The van der Waals surface area contributed by atoms with E-state index in [1.165, 1.54) is 24.8 Å². The zero-order valence-corrected chi connectivity index (χ0v) is 13.4. The molecule has 1 aromatic carbocycles. The molecule has 19 heavy (non-hydrogen) atoms. The van der Waals surface area contributed by atoms with E-state index in [1.807, 2.05) is 0 Å². The van der Waals surface area contributed by atoms with Gasteiger partial charge in [-0.25, -0.2) is 0 Å². The lowest BCUT2D eigenvalue weighted by atomic mass is 9.66. The van der Waals surface area contributed by atoms with Crippen molar-refractivity contribution in [2.75, 3.05) is 5.33 Å². The number of alkyl halides is 1. The summed E-state index contributed by atoms with van der Waals surface area (Å²) in [6.45, 7) is 5.55. The third kappa shape index (κ3) is 1.99. The second-order valence-corrected chi connectivity index (χ2v) is 7.29. The third-order valence-electron chi connectivity index (χ3n) is 5.74. The molecule has 2 aliphatic carbocycles. The topological polar surface area (TPSA) is 9.23 Å². The predicted octanol–water partition coefficient (Wildman–Crippen LogP) is 4.79. The minimum atomic E-state index is 0.0196. The van der Waals surface area contributed by atoms with Crippen molar-refractivity contribution in [3.8, 4) is 0 Å². The zero-order chi connectivity index (χ0) is 13.5. The van der Waals surface area contributed by atoms with Gasteiger partial charge in [0, 0.05) is 5.33 Å². The highest BCUT2D eigenvalue weighted by molar-refractivity contribution is 9.09. The van der Waals surface area contributed by atoms with E-state index in [2.05, 4.69) is 60.1 Å². The third-order valence-corrected chi connectivity index (χ3v) is 6.57. The van der Waals surface area contributed by atoms with Crippen molar-refractivity contribution >= 4 is 15.9 Å². The number of hydrogen-bond acceptors (Lipinski definition) is 1. The van der Waals surface area contributed by atoms with Crippen molar-refractivity contribution in [1.82, 2.24) is 0 Å². The van der Waals surface area contributed by atoms with Crippen molar-refractivity contribution < 1.29 is 4.74 Å². The molecule has 0 N–H and O–H groups in total. The van der Waals surface area contributed by atoms with Crippen LogP contribution in [-0.2, 0) is 11.3 Å². The van der Waals surface area contributed by atoms with E-state index < -0.39 is 0 Å². The molecule has 3 rings (SSSR count). The van der Waals surface area contributed by atoms with Crippen LogP contribution in [0.3, 0.4) is 0 Å². The zero-order valence-electron chi connectivity index (χ0n) is 11.9. The fraction of sp³-hybridized carbons (Fsp3) is 0.647. The van der Waals surface area contributed by atoms with Crippen molar-refractivity contribution in [3.63, 3.8) is 0 Å². The van der Waals surface area contributed by atoms with E-state index in [-0.39, 0.29) is 11.0 Å². The van der Waals surface area contributed by atoms with Gasteiger partial charge in [0.05, 0.1) is 12.2 Å². The molecular formula is C17H23BrO. The maximum absolute atomic E-state index is 6.53. The van der Waals surface area contributed by atoms with Crippen molar-refractivity contribution in [2.24, 2.45) is 17.3 Å². The Hall–Kier alpha value is -0.340. The number of fused-ring (bicyclic) bond motifs is 2. The quantitative estimate of drug-likeness (QED) is 0.724. The molecule has 3 atom stereocenters. The standard InChI is InChI=1S/C17H23BrO/c1-16(2)14-8-9-15(10-14)17(16,12-18)19-11-13-6-4-3-5-7-13/h3-7,14-15H,8-12H2,1-2H3. The highest BCUT2D eigenvalue weighted by Crippen LogP contribution is 2.63. The fourth-order valence-electron chi connectivity index (χ4n) is 4.34. The molecule has 3 unspecified atom stereocenters. The molecule has 2 heteroatoms. The summed E-state index contributed by atoms with van der Waals surface area (Å²) in [5.41, 5.74) is 1.58. The molecule has 2 saturated carbocycles. The number of halogens is 1. The minimum Gasteiger partial charge on any atom is -0.369 e. The smallest absolute Gasteiger partial charge is 0.0864 e. The molecule has 2 aliphatic rings. The normalized spacial score (nSPS) is 35.7. The van der Waals surface area contributed by atoms with Gasteiger partial charge >= 0.3 is 0 Å². The lowest BCUT2D eigenvalue weighted by Crippen LogP contribution is -2.52. The summed E-state index contributed by atoms with van der Waals surface area (Å²) in [7, 11) is 0. The van der Waals surface area contributed by atoms with Crippen LogP contribution in [0.2, 0.25) is 0 Å². The molecule has 0 spiro atoms. The molecule has 0 aliphatic heterocycles. The second-order valence-electron chi connectivity index (χ2n) is 6.73. The monoisotopic (exact) mass is 322 g/mol. The van der Waals surface area contributed by atoms with Gasteiger partial charge in [-0.15, -0.1) is 0 Å². The number of hydrogen-bond donors (Lipinski definition) is 0. The summed E-state index contributed by atoms with van der Waals surface area (Å²) in [6.07, 6.45) is 4.09. The molecule has 0 radical (unpaired) electrons.